The third-order valence-corrected chi connectivity index (χ3v) is 6.20. The Kier molecular flexibility index (Phi) is 6.25. The summed E-state index contributed by atoms with van der Waals surface area (Å²) < 4.78 is 0. The molecule has 0 aromatic heterocycles. The van der Waals surface area contributed by atoms with Gasteiger partial charge in [0.1, 0.15) is 0 Å². The number of nitrogens with zero attached hydrogens (tertiary/aromatic N) is 1. The van der Waals surface area contributed by atoms with Crippen molar-refractivity contribution in [3.8, 4) is 0 Å². The Balaban J connectivity index is 1.66. The van der Waals surface area contributed by atoms with E-state index in [0.717, 1.165) is 24.5 Å². The molecule has 7 heteroatoms. The Morgan fingerprint density at radius 1 is 1.28 bits per heavy atom. The molecule has 1 aliphatic heterocycles. The zero-order chi connectivity index (χ0) is 17.8. The third-order valence-electron chi connectivity index (χ3n) is 4.94. The number of hydrogen-bond donors (Lipinski definition) is 2. The summed E-state index contributed by atoms with van der Waals surface area (Å²) in [5.74, 6) is 1.44. The molecule has 5 nitrogen and oxygen atoms in total. The van der Waals surface area contributed by atoms with E-state index in [4.69, 9.17) is 11.6 Å². The Hall–Kier alpha value is -1.24. The van der Waals surface area contributed by atoms with E-state index in [0.29, 0.717) is 22.3 Å². The van der Waals surface area contributed by atoms with E-state index < -0.39 is 0 Å². The lowest BCUT2D eigenvalue weighted by atomic mass is 9.94. The fourth-order valence-corrected chi connectivity index (χ4v) is 4.59. The van der Waals surface area contributed by atoms with Gasteiger partial charge in [0.2, 0.25) is 5.91 Å². The Morgan fingerprint density at radius 2 is 2.04 bits per heavy atom. The number of carbonyl (C=O) groups is 2. The van der Waals surface area contributed by atoms with Gasteiger partial charge < -0.3 is 10.2 Å². The predicted octanol–water partition coefficient (Wildman–Crippen LogP) is 3.35. The summed E-state index contributed by atoms with van der Waals surface area (Å²) in [7, 11) is 1.85. The lowest BCUT2D eigenvalue weighted by Crippen LogP contribution is -2.38. The van der Waals surface area contributed by atoms with Crippen molar-refractivity contribution in [3.05, 3.63) is 28.8 Å². The van der Waals surface area contributed by atoms with Crippen LogP contribution in [0.1, 0.15) is 42.5 Å². The molecule has 1 heterocycles. The molecule has 1 unspecified atom stereocenters. The van der Waals surface area contributed by atoms with Gasteiger partial charge >= 0.3 is 0 Å². The summed E-state index contributed by atoms with van der Waals surface area (Å²) in [4.78, 5) is 26.7. The van der Waals surface area contributed by atoms with Gasteiger partial charge in [-0.2, -0.15) is 0 Å². The van der Waals surface area contributed by atoms with E-state index in [2.05, 4.69) is 10.6 Å². The quantitative estimate of drug-likeness (QED) is 0.839. The SMILES string of the molecule is CN(C(=O)c1ccc(NC(=O)C2CSCN2)cc1Cl)C1CCCCC1. The molecule has 136 valence electrons. The Labute approximate surface area is 157 Å². The van der Waals surface area contributed by atoms with Gasteiger partial charge in [-0.25, -0.2) is 0 Å². The molecule has 3 rings (SSSR count). The van der Waals surface area contributed by atoms with Gasteiger partial charge in [-0.15, -0.1) is 11.8 Å². The van der Waals surface area contributed by atoms with Gasteiger partial charge in [0.25, 0.3) is 5.91 Å². The average Bonchev–Trinajstić information content (AvgIpc) is 3.16. The van der Waals surface area contributed by atoms with Crippen LogP contribution in [0.2, 0.25) is 5.02 Å². The van der Waals surface area contributed by atoms with Gasteiger partial charge in [0.05, 0.1) is 16.6 Å². The van der Waals surface area contributed by atoms with Crippen molar-refractivity contribution in [3.63, 3.8) is 0 Å². The van der Waals surface area contributed by atoms with Crippen LogP contribution in [0.4, 0.5) is 5.69 Å². The molecule has 2 aliphatic rings. The fourth-order valence-electron chi connectivity index (χ4n) is 3.38. The van der Waals surface area contributed by atoms with Crippen LogP contribution >= 0.6 is 23.4 Å². The summed E-state index contributed by atoms with van der Waals surface area (Å²) in [5.41, 5.74) is 1.10. The normalized spacial score (nSPS) is 21.1. The summed E-state index contributed by atoms with van der Waals surface area (Å²) in [6.07, 6.45) is 5.71. The highest BCUT2D eigenvalue weighted by atomic mass is 35.5. The second kappa shape index (κ2) is 8.43. The maximum Gasteiger partial charge on any atom is 0.255 e. The van der Waals surface area contributed by atoms with Crippen molar-refractivity contribution in [1.29, 1.82) is 0 Å². The number of thioether (sulfide) groups is 1. The molecule has 25 heavy (non-hydrogen) atoms. The van der Waals surface area contributed by atoms with E-state index in [-0.39, 0.29) is 17.9 Å². The molecule has 2 fully saturated rings. The monoisotopic (exact) mass is 381 g/mol. The topological polar surface area (TPSA) is 61.4 Å². The van der Waals surface area contributed by atoms with Crippen LogP contribution < -0.4 is 10.6 Å². The molecule has 1 saturated carbocycles. The first-order chi connectivity index (χ1) is 12.1. The maximum absolute atomic E-state index is 12.7. The molecule has 0 radical (unpaired) electrons. The Morgan fingerprint density at radius 3 is 2.68 bits per heavy atom. The zero-order valence-electron chi connectivity index (χ0n) is 14.4. The van der Waals surface area contributed by atoms with E-state index in [9.17, 15) is 9.59 Å². The second-order valence-electron chi connectivity index (χ2n) is 6.66. The first-order valence-corrected chi connectivity index (χ1v) is 10.3. The van der Waals surface area contributed by atoms with Crippen molar-refractivity contribution in [2.45, 2.75) is 44.2 Å². The van der Waals surface area contributed by atoms with Crippen LogP contribution in [0.3, 0.4) is 0 Å². The fraction of sp³-hybridized carbons (Fsp3) is 0.556. The highest BCUT2D eigenvalue weighted by molar-refractivity contribution is 7.99. The van der Waals surface area contributed by atoms with Gasteiger partial charge in [-0.05, 0) is 31.0 Å². The summed E-state index contributed by atoms with van der Waals surface area (Å²) in [5, 5.41) is 6.36. The molecule has 0 bridgehead atoms. The Bertz CT molecular complexity index is 643. The number of amides is 2. The highest BCUT2D eigenvalue weighted by Crippen LogP contribution is 2.26. The molecule has 1 aromatic rings. The number of anilines is 1. The highest BCUT2D eigenvalue weighted by Gasteiger charge is 2.25. The van der Waals surface area contributed by atoms with Crippen molar-refractivity contribution in [2.24, 2.45) is 0 Å². The standard InChI is InChI=1S/C18H24ClN3O2S/c1-22(13-5-3-2-4-6-13)18(24)14-8-7-12(9-15(14)19)21-17(23)16-10-25-11-20-16/h7-9,13,16,20H,2-6,10-11H2,1H3,(H,21,23). The number of benzene rings is 1. The predicted molar refractivity (Wildman–Crippen MR) is 103 cm³/mol. The maximum atomic E-state index is 12.7. The number of halogens is 1. The van der Waals surface area contributed by atoms with Crippen LogP contribution in [0.15, 0.2) is 18.2 Å². The van der Waals surface area contributed by atoms with Crippen LogP contribution in [-0.4, -0.2) is 47.5 Å². The second-order valence-corrected chi connectivity index (χ2v) is 8.10. The lowest BCUT2D eigenvalue weighted by molar-refractivity contribution is -0.117. The number of hydrogen-bond acceptors (Lipinski definition) is 4. The van der Waals surface area contributed by atoms with Crippen LogP contribution in [0.5, 0.6) is 0 Å². The first kappa shape index (κ1) is 18.5. The minimum Gasteiger partial charge on any atom is -0.339 e. The third kappa shape index (κ3) is 4.49. The van der Waals surface area contributed by atoms with E-state index in [1.54, 1.807) is 30.0 Å². The van der Waals surface area contributed by atoms with Gasteiger partial charge in [0.15, 0.2) is 0 Å². The van der Waals surface area contributed by atoms with Crippen molar-refractivity contribution in [2.75, 3.05) is 24.0 Å². The molecule has 1 aliphatic carbocycles. The van der Waals surface area contributed by atoms with Crippen molar-refractivity contribution < 1.29 is 9.59 Å². The van der Waals surface area contributed by atoms with Crippen LogP contribution in [0.25, 0.3) is 0 Å². The minimum absolute atomic E-state index is 0.0522. The van der Waals surface area contributed by atoms with E-state index in [1.807, 2.05) is 11.9 Å². The molecule has 2 amide bonds. The first-order valence-electron chi connectivity index (χ1n) is 8.75. The molecule has 0 spiro atoms. The van der Waals surface area contributed by atoms with Crippen LogP contribution in [-0.2, 0) is 4.79 Å². The molecule has 1 saturated heterocycles. The van der Waals surface area contributed by atoms with Crippen molar-refractivity contribution in [1.82, 2.24) is 10.2 Å². The minimum atomic E-state index is -0.178. The van der Waals surface area contributed by atoms with Crippen LogP contribution in [0, 0.1) is 0 Å². The number of rotatable bonds is 4. The molecule has 2 N–H and O–H groups in total. The molecular weight excluding hydrogens is 358 g/mol. The number of nitrogens with one attached hydrogen (secondary N) is 2. The van der Waals surface area contributed by atoms with E-state index >= 15 is 0 Å². The van der Waals surface area contributed by atoms with Gasteiger partial charge in [-0.1, -0.05) is 30.9 Å². The zero-order valence-corrected chi connectivity index (χ0v) is 16.0. The van der Waals surface area contributed by atoms with Crippen molar-refractivity contribution >= 4 is 40.9 Å². The molecule has 1 aromatic carbocycles. The van der Waals surface area contributed by atoms with Gasteiger partial charge in [-0.3, -0.25) is 14.9 Å². The number of carbonyl (C=O) groups excluding carboxylic acids is 2. The largest absolute Gasteiger partial charge is 0.339 e. The molecule has 1 atom stereocenters. The molecular formula is C18H24ClN3O2S. The summed E-state index contributed by atoms with van der Waals surface area (Å²) in [6, 6.07) is 5.22. The summed E-state index contributed by atoms with van der Waals surface area (Å²) in [6.45, 7) is 0. The van der Waals surface area contributed by atoms with E-state index in [1.165, 1.54) is 19.3 Å². The summed E-state index contributed by atoms with van der Waals surface area (Å²) >= 11 is 8.03. The average molecular weight is 382 g/mol. The smallest absolute Gasteiger partial charge is 0.255 e. The lowest BCUT2D eigenvalue weighted by Gasteiger charge is -2.31. The van der Waals surface area contributed by atoms with Gasteiger partial charge in [0, 0.05) is 30.4 Å².